The van der Waals surface area contributed by atoms with Crippen molar-refractivity contribution in [3.8, 4) is 22.5 Å². The highest BCUT2D eigenvalue weighted by Gasteiger charge is 2.38. The third kappa shape index (κ3) is 7.12. The van der Waals surface area contributed by atoms with Crippen molar-refractivity contribution in [1.29, 1.82) is 0 Å². The normalized spacial score (nSPS) is 14.2. The highest BCUT2D eigenvalue weighted by atomic mass is 35.5. The van der Waals surface area contributed by atoms with Gasteiger partial charge in [0.05, 0.1) is 33.5 Å². The van der Waals surface area contributed by atoms with Gasteiger partial charge in [0, 0.05) is 41.8 Å². The zero-order valence-electron chi connectivity index (χ0n) is 25.8. The third-order valence-electron chi connectivity index (χ3n) is 8.42. The first-order valence-electron chi connectivity index (χ1n) is 15.3. The van der Waals surface area contributed by atoms with Crippen molar-refractivity contribution in [3.05, 3.63) is 118 Å². The molecule has 2 N–H and O–H groups in total. The van der Waals surface area contributed by atoms with E-state index in [1.165, 1.54) is 5.56 Å². The summed E-state index contributed by atoms with van der Waals surface area (Å²) in [6.45, 7) is 4.83. The molecular formula is C36H31ClF3N5O3. The number of rotatable bonds is 5. The molecule has 4 aromatic carbocycles. The molecule has 0 unspecified atom stereocenters. The molecule has 0 spiro atoms. The first-order valence-corrected chi connectivity index (χ1v) is 15.7. The number of imidazole rings is 1. The highest BCUT2D eigenvalue weighted by Crippen LogP contribution is 2.32. The van der Waals surface area contributed by atoms with Gasteiger partial charge < -0.3 is 10.1 Å². The fourth-order valence-electron chi connectivity index (χ4n) is 6.04. The molecule has 1 fully saturated rings. The quantitative estimate of drug-likeness (QED) is 0.192. The van der Waals surface area contributed by atoms with Gasteiger partial charge >= 0.3 is 17.8 Å². The van der Waals surface area contributed by atoms with Crippen LogP contribution in [-0.2, 0) is 11.3 Å². The van der Waals surface area contributed by atoms with Gasteiger partial charge in [0.25, 0.3) is 0 Å². The van der Waals surface area contributed by atoms with Gasteiger partial charge in [-0.1, -0.05) is 78.3 Å². The van der Waals surface area contributed by atoms with E-state index in [9.17, 15) is 18.0 Å². The number of hydrogen-bond acceptors (Lipinski definition) is 5. The van der Waals surface area contributed by atoms with Crippen molar-refractivity contribution < 1.29 is 23.1 Å². The number of halogens is 4. The van der Waals surface area contributed by atoms with Crippen LogP contribution in [0.5, 0.6) is 0 Å². The Kier molecular flexibility index (Phi) is 9.34. The molecule has 3 heterocycles. The Labute approximate surface area is 278 Å². The Balaban J connectivity index is 0.000000519. The number of hydrogen-bond donors (Lipinski definition) is 2. The van der Waals surface area contributed by atoms with Crippen molar-refractivity contribution in [3.63, 3.8) is 0 Å². The number of para-hydroxylation sites is 1. The number of likely N-dealkylation sites (tertiary alicyclic amines) is 1. The maximum atomic E-state index is 12.7. The Morgan fingerprint density at radius 2 is 1.56 bits per heavy atom. The molecule has 48 heavy (non-hydrogen) atoms. The van der Waals surface area contributed by atoms with E-state index in [1.807, 2.05) is 53.1 Å². The average molecular weight is 674 g/mol. The van der Waals surface area contributed by atoms with Crippen molar-refractivity contribution in [2.24, 2.45) is 0 Å². The minimum Gasteiger partial charge on any atom is -0.475 e. The second-order valence-corrected chi connectivity index (χ2v) is 12.1. The number of benzene rings is 4. The summed E-state index contributed by atoms with van der Waals surface area (Å²) in [5, 5.41) is 7.76. The SMILES string of the molecule is Cc1cccc2nc(-c3ccccc3)c(-c3ccc(CN4CCC(n5c(=O)[nH]c6cc(Cl)ccc65)CC4)cc3)nc12.O=C(O)C(F)(F)F. The number of carbonyl (C=O) groups is 1. The maximum absolute atomic E-state index is 12.7. The van der Waals surface area contributed by atoms with Crippen molar-refractivity contribution in [2.75, 3.05) is 13.1 Å². The maximum Gasteiger partial charge on any atom is 0.490 e. The molecule has 1 aliphatic rings. The average Bonchev–Trinajstić information content (AvgIpc) is 3.40. The summed E-state index contributed by atoms with van der Waals surface area (Å²) >= 11 is 6.13. The number of aliphatic carboxylic acids is 1. The molecule has 8 nitrogen and oxygen atoms in total. The number of alkyl halides is 3. The minimum atomic E-state index is -5.08. The standard InChI is InChI=1S/C34H30ClN5O.C2HF3O2/c1-22-6-5-9-28-31(22)38-33(32(36-28)24-7-3-2-4-8-24)25-12-10-23(11-13-25)21-39-18-16-27(17-19-39)40-30-15-14-26(35)20-29(30)37-34(40)41;3-2(4,5)1(6)7/h2-15,20,27H,16-19,21H2,1H3,(H,37,41);(H,6,7). The van der Waals surface area contributed by atoms with Crippen molar-refractivity contribution in [2.45, 2.75) is 38.5 Å². The van der Waals surface area contributed by atoms with Crippen LogP contribution < -0.4 is 5.69 Å². The van der Waals surface area contributed by atoms with Crippen LogP contribution in [-0.4, -0.2) is 54.8 Å². The van der Waals surface area contributed by atoms with Gasteiger partial charge in [0.2, 0.25) is 0 Å². The van der Waals surface area contributed by atoms with E-state index in [0.717, 1.165) is 82.6 Å². The van der Waals surface area contributed by atoms with Crippen molar-refractivity contribution >= 4 is 39.6 Å². The Morgan fingerprint density at radius 3 is 2.23 bits per heavy atom. The Morgan fingerprint density at radius 1 is 0.917 bits per heavy atom. The molecule has 7 rings (SSSR count). The van der Waals surface area contributed by atoms with Crippen LogP contribution in [0.15, 0.2) is 95.8 Å². The van der Waals surface area contributed by atoms with Crippen LogP contribution in [0.1, 0.15) is 30.0 Å². The number of piperidine rings is 1. The number of nitrogens with one attached hydrogen (secondary N) is 1. The number of H-pyrrole nitrogens is 1. The number of nitrogens with zero attached hydrogens (tertiary/aromatic N) is 4. The van der Waals surface area contributed by atoms with E-state index >= 15 is 0 Å². The zero-order valence-corrected chi connectivity index (χ0v) is 26.6. The first-order chi connectivity index (χ1) is 23.0. The molecule has 2 aromatic heterocycles. The lowest BCUT2D eigenvalue weighted by Crippen LogP contribution is -2.36. The van der Waals surface area contributed by atoms with Gasteiger partial charge in [-0.15, -0.1) is 0 Å². The van der Waals surface area contributed by atoms with Crippen LogP contribution in [0, 0.1) is 6.92 Å². The molecule has 0 saturated carbocycles. The summed E-state index contributed by atoms with van der Waals surface area (Å²) < 4.78 is 33.6. The first kappa shape index (κ1) is 32.9. The Bertz CT molecular complexity index is 2140. The third-order valence-corrected chi connectivity index (χ3v) is 8.66. The molecule has 246 valence electrons. The van der Waals surface area contributed by atoms with Crippen LogP contribution in [0.3, 0.4) is 0 Å². The number of aryl methyl sites for hydroxylation is 1. The predicted molar refractivity (Wildman–Crippen MR) is 180 cm³/mol. The summed E-state index contributed by atoms with van der Waals surface area (Å²) in [4.78, 5) is 37.2. The molecule has 1 saturated heterocycles. The monoisotopic (exact) mass is 673 g/mol. The van der Waals surface area contributed by atoms with Crippen LogP contribution in [0.2, 0.25) is 5.02 Å². The van der Waals surface area contributed by atoms with Gasteiger partial charge in [-0.25, -0.2) is 19.6 Å². The summed E-state index contributed by atoms with van der Waals surface area (Å²) in [7, 11) is 0. The van der Waals surface area contributed by atoms with Crippen LogP contribution in [0.4, 0.5) is 13.2 Å². The predicted octanol–water partition coefficient (Wildman–Crippen LogP) is 8.04. The number of aromatic amines is 1. The van der Waals surface area contributed by atoms with Gasteiger partial charge in [-0.05, 0) is 55.2 Å². The Hall–Kier alpha value is -5.00. The van der Waals surface area contributed by atoms with E-state index in [2.05, 4.69) is 59.3 Å². The molecule has 0 radical (unpaired) electrons. The van der Waals surface area contributed by atoms with Gasteiger partial charge in [0.1, 0.15) is 0 Å². The van der Waals surface area contributed by atoms with Crippen LogP contribution in [0.25, 0.3) is 44.6 Å². The molecule has 0 amide bonds. The minimum absolute atomic E-state index is 0.0573. The summed E-state index contributed by atoms with van der Waals surface area (Å²) in [5.41, 5.74) is 9.81. The molecule has 6 aromatic rings. The number of carboxylic acids is 1. The van der Waals surface area contributed by atoms with Gasteiger partial charge in [-0.3, -0.25) is 9.47 Å². The molecule has 12 heteroatoms. The molecule has 0 bridgehead atoms. The smallest absolute Gasteiger partial charge is 0.475 e. The number of aromatic nitrogens is 4. The van der Waals surface area contributed by atoms with E-state index in [-0.39, 0.29) is 11.7 Å². The lowest BCUT2D eigenvalue weighted by atomic mass is 10.0. The molecule has 0 atom stereocenters. The summed E-state index contributed by atoms with van der Waals surface area (Å²) in [6, 6.07) is 31.0. The van der Waals surface area contributed by atoms with Crippen molar-refractivity contribution in [1.82, 2.24) is 24.4 Å². The lowest BCUT2D eigenvalue weighted by molar-refractivity contribution is -0.192. The van der Waals surface area contributed by atoms with E-state index in [4.69, 9.17) is 31.5 Å². The fourth-order valence-corrected chi connectivity index (χ4v) is 6.22. The second-order valence-electron chi connectivity index (χ2n) is 11.7. The van der Waals surface area contributed by atoms with Crippen LogP contribution >= 0.6 is 11.6 Å². The lowest BCUT2D eigenvalue weighted by Gasteiger charge is -2.32. The van der Waals surface area contributed by atoms with Gasteiger partial charge in [-0.2, -0.15) is 13.2 Å². The number of fused-ring (bicyclic) bond motifs is 2. The molecular weight excluding hydrogens is 643 g/mol. The highest BCUT2D eigenvalue weighted by molar-refractivity contribution is 6.31. The molecule has 0 aliphatic carbocycles. The topological polar surface area (TPSA) is 104 Å². The summed E-state index contributed by atoms with van der Waals surface area (Å²) in [6.07, 6.45) is -3.22. The second kappa shape index (κ2) is 13.6. The summed E-state index contributed by atoms with van der Waals surface area (Å²) in [5.74, 6) is -2.76. The van der Waals surface area contributed by atoms with E-state index in [1.54, 1.807) is 0 Å². The zero-order chi connectivity index (χ0) is 34.0. The molecule has 1 aliphatic heterocycles. The fraction of sp³-hybridized carbons (Fsp3) is 0.222. The van der Waals surface area contributed by atoms with Gasteiger partial charge in [0.15, 0.2) is 0 Å². The number of carboxylic acid groups (broad SMARTS) is 1. The van der Waals surface area contributed by atoms with E-state index in [0.29, 0.717) is 5.02 Å². The van der Waals surface area contributed by atoms with E-state index < -0.39 is 12.1 Å². The largest absolute Gasteiger partial charge is 0.490 e.